The Balaban J connectivity index is 1.61. The summed E-state index contributed by atoms with van der Waals surface area (Å²) in [5.74, 6) is 0. The minimum Gasteiger partial charge on any atom is -0.354 e. The third-order valence-electron chi connectivity index (χ3n) is 6.93. The Hall–Kier alpha value is -4.08. The molecule has 1 N–H and O–H groups in total. The lowest BCUT2D eigenvalue weighted by Crippen LogP contribution is -1.93. The number of benzene rings is 5. The molecule has 0 atom stereocenters. The molecule has 0 saturated heterocycles. The lowest BCUT2D eigenvalue weighted by atomic mass is 10.1. The average molecular weight is 439 g/mol. The van der Waals surface area contributed by atoms with E-state index in [4.69, 9.17) is 0 Å². The van der Waals surface area contributed by atoms with Gasteiger partial charge in [0.25, 0.3) is 0 Å². The van der Waals surface area contributed by atoms with Gasteiger partial charge in [-0.25, -0.2) is 0 Å². The molecule has 0 bridgehead atoms. The van der Waals surface area contributed by atoms with Crippen molar-refractivity contribution in [3.63, 3.8) is 0 Å². The molecule has 0 aliphatic carbocycles. The van der Waals surface area contributed by atoms with E-state index in [-0.39, 0.29) is 0 Å². The number of aromatic nitrogens is 2. The number of thiophene rings is 1. The number of H-pyrrole nitrogens is 1. The van der Waals surface area contributed by atoms with Crippen molar-refractivity contribution >= 4 is 75.1 Å². The zero-order valence-electron chi connectivity index (χ0n) is 17.7. The van der Waals surface area contributed by atoms with Crippen LogP contribution in [0.1, 0.15) is 0 Å². The van der Waals surface area contributed by atoms with Gasteiger partial charge in [-0.1, -0.05) is 66.7 Å². The fraction of sp³-hybridized carbons (Fsp3) is 0. The summed E-state index contributed by atoms with van der Waals surface area (Å²) in [6, 6.07) is 37.4. The lowest BCUT2D eigenvalue weighted by molar-refractivity contribution is 1.20. The second-order valence-electron chi connectivity index (χ2n) is 8.66. The largest absolute Gasteiger partial charge is 0.354 e. The maximum Gasteiger partial charge on any atom is 0.0640 e. The summed E-state index contributed by atoms with van der Waals surface area (Å²) in [4.78, 5) is 3.62. The van der Waals surface area contributed by atoms with Crippen molar-refractivity contribution in [3.05, 3.63) is 103 Å². The number of hydrogen-bond donors (Lipinski definition) is 1. The Morgan fingerprint density at radius 2 is 1.27 bits per heavy atom. The van der Waals surface area contributed by atoms with Gasteiger partial charge in [-0.2, -0.15) is 0 Å². The maximum atomic E-state index is 3.62. The van der Waals surface area contributed by atoms with Crippen LogP contribution >= 0.6 is 11.3 Å². The van der Waals surface area contributed by atoms with Crippen LogP contribution in [0.5, 0.6) is 0 Å². The summed E-state index contributed by atoms with van der Waals surface area (Å²) in [6.07, 6.45) is 0. The van der Waals surface area contributed by atoms with Gasteiger partial charge in [0.15, 0.2) is 0 Å². The van der Waals surface area contributed by atoms with Gasteiger partial charge < -0.3 is 9.55 Å². The standard InChI is InChI=1S/C30H18N2S/c1-4-12-22-20(9-1)28-23(31-22)16-17-25-29(28)21-10-2-5-13-24(21)32(25)26-14-7-11-19-18-8-3-6-15-27(18)33-30(19)26/h1-17,31H. The first kappa shape index (κ1) is 17.5. The molecule has 0 unspecified atom stereocenters. The molecular weight excluding hydrogens is 420 g/mol. The third kappa shape index (κ3) is 2.22. The van der Waals surface area contributed by atoms with Crippen molar-refractivity contribution in [2.45, 2.75) is 0 Å². The molecule has 0 aliphatic rings. The molecule has 3 aromatic heterocycles. The Labute approximate surface area is 193 Å². The third-order valence-corrected chi connectivity index (χ3v) is 8.14. The Morgan fingerprint density at radius 3 is 2.21 bits per heavy atom. The second-order valence-corrected chi connectivity index (χ2v) is 9.71. The van der Waals surface area contributed by atoms with Gasteiger partial charge in [-0.3, -0.25) is 0 Å². The van der Waals surface area contributed by atoms with E-state index in [0.717, 1.165) is 0 Å². The number of fused-ring (bicyclic) bond motifs is 10. The first-order valence-corrected chi connectivity index (χ1v) is 12.0. The molecule has 3 heterocycles. The molecule has 5 aromatic carbocycles. The predicted octanol–water partition coefficient (Wildman–Crippen LogP) is 8.79. The van der Waals surface area contributed by atoms with E-state index in [1.807, 2.05) is 11.3 Å². The van der Waals surface area contributed by atoms with Crippen LogP contribution in [0.3, 0.4) is 0 Å². The number of rotatable bonds is 1. The second kappa shape index (κ2) is 6.25. The normalized spacial score (nSPS) is 12.2. The molecule has 8 aromatic rings. The Bertz CT molecular complexity index is 2030. The highest BCUT2D eigenvalue weighted by Crippen LogP contribution is 2.43. The van der Waals surface area contributed by atoms with E-state index in [2.05, 4.69) is 113 Å². The fourth-order valence-corrected chi connectivity index (χ4v) is 6.77. The number of aromatic amines is 1. The van der Waals surface area contributed by atoms with E-state index < -0.39 is 0 Å². The molecular formula is C30H18N2S. The Morgan fingerprint density at radius 1 is 0.515 bits per heavy atom. The monoisotopic (exact) mass is 438 g/mol. The van der Waals surface area contributed by atoms with Gasteiger partial charge in [-0.05, 0) is 36.4 Å². The molecule has 0 aliphatic heterocycles. The van der Waals surface area contributed by atoms with Gasteiger partial charge in [0.1, 0.15) is 0 Å². The van der Waals surface area contributed by atoms with Crippen LogP contribution in [-0.2, 0) is 0 Å². The average Bonchev–Trinajstić information content (AvgIpc) is 3.53. The zero-order valence-corrected chi connectivity index (χ0v) is 18.5. The first-order valence-electron chi connectivity index (χ1n) is 11.2. The highest BCUT2D eigenvalue weighted by molar-refractivity contribution is 7.26. The number of nitrogens with zero attached hydrogens (tertiary/aromatic N) is 1. The lowest BCUT2D eigenvalue weighted by Gasteiger charge is -2.09. The highest BCUT2D eigenvalue weighted by Gasteiger charge is 2.19. The van der Waals surface area contributed by atoms with Crippen molar-refractivity contribution in [1.82, 2.24) is 9.55 Å². The number of hydrogen-bond acceptors (Lipinski definition) is 1. The summed E-state index contributed by atoms with van der Waals surface area (Å²) in [5, 5.41) is 7.86. The van der Waals surface area contributed by atoms with Gasteiger partial charge in [0, 0.05) is 48.1 Å². The summed E-state index contributed by atoms with van der Waals surface area (Å²) in [6.45, 7) is 0. The molecule has 0 saturated carbocycles. The van der Waals surface area contributed by atoms with Crippen molar-refractivity contribution in [3.8, 4) is 5.69 Å². The number of nitrogens with one attached hydrogen (secondary N) is 1. The van der Waals surface area contributed by atoms with Crippen LogP contribution < -0.4 is 0 Å². The quantitative estimate of drug-likeness (QED) is 0.264. The molecule has 33 heavy (non-hydrogen) atoms. The first-order chi connectivity index (χ1) is 16.4. The number of para-hydroxylation sites is 2. The van der Waals surface area contributed by atoms with E-state index >= 15 is 0 Å². The molecule has 0 amide bonds. The minimum absolute atomic E-state index is 1.18. The summed E-state index contributed by atoms with van der Waals surface area (Å²) < 4.78 is 5.13. The zero-order chi connectivity index (χ0) is 21.5. The van der Waals surface area contributed by atoms with Gasteiger partial charge in [0.05, 0.1) is 21.4 Å². The van der Waals surface area contributed by atoms with Crippen LogP contribution in [0.4, 0.5) is 0 Å². The molecule has 0 radical (unpaired) electrons. The molecule has 0 spiro atoms. The molecule has 0 fully saturated rings. The van der Waals surface area contributed by atoms with E-state index in [9.17, 15) is 0 Å². The van der Waals surface area contributed by atoms with Crippen LogP contribution in [0.25, 0.3) is 69.5 Å². The fourth-order valence-electron chi connectivity index (χ4n) is 5.57. The maximum absolute atomic E-state index is 3.62. The topological polar surface area (TPSA) is 20.7 Å². The summed E-state index contributed by atoms with van der Waals surface area (Å²) >= 11 is 1.88. The van der Waals surface area contributed by atoms with Crippen molar-refractivity contribution in [2.24, 2.45) is 0 Å². The van der Waals surface area contributed by atoms with E-state index in [1.54, 1.807) is 0 Å². The highest BCUT2D eigenvalue weighted by atomic mass is 32.1. The van der Waals surface area contributed by atoms with E-state index in [1.165, 1.54) is 69.5 Å². The Kier molecular flexibility index (Phi) is 3.31. The van der Waals surface area contributed by atoms with Gasteiger partial charge in [-0.15, -0.1) is 11.3 Å². The van der Waals surface area contributed by atoms with Gasteiger partial charge in [0.2, 0.25) is 0 Å². The van der Waals surface area contributed by atoms with Crippen LogP contribution in [0, 0.1) is 0 Å². The van der Waals surface area contributed by atoms with Crippen LogP contribution in [0.15, 0.2) is 103 Å². The summed E-state index contributed by atoms with van der Waals surface area (Å²) in [7, 11) is 0. The molecule has 2 nitrogen and oxygen atoms in total. The van der Waals surface area contributed by atoms with Crippen molar-refractivity contribution < 1.29 is 0 Å². The molecule has 3 heteroatoms. The predicted molar refractivity (Wildman–Crippen MR) is 143 cm³/mol. The van der Waals surface area contributed by atoms with E-state index in [0.29, 0.717) is 0 Å². The SMILES string of the molecule is c1ccc2c(c1)[nH]c1ccc3c(c4ccccc4n3-c3cccc4c3sc3ccccc34)c12. The minimum atomic E-state index is 1.18. The van der Waals surface area contributed by atoms with Crippen molar-refractivity contribution in [2.75, 3.05) is 0 Å². The van der Waals surface area contributed by atoms with Crippen LogP contribution in [0.2, 0.25) is 0 Å². The van der Waals surface area contributed by atoms with Crippen molar-refractivity contribution in [1.29, 1.82) is 0 Å². The van der Waals surface area contributed by atoms with Gasteiger partial charge >= 0.3 is 0 Å². The van der Waals surface area contributed by atoms with Crippen LogP contribution in [-0.4, -0.2) is 9.55 Å². The summed E-state index contributed by atoms with van der Waals surface area (Å²) in [5.41, 5.74) is 6.11. The smallest absolute Gasteiger partial charge is 0.0640 e. The molecule has 8 rings (SSSR count). The molecule has 154 valence electrons.